The van der Waals surface area contributed by atoms with Gasteiger partial charge >= 0.3 is 0 Å². The standard InChI is InChI=1S/C14H26N4O2S/c1-3-5-9-18(13-6-7-13)21(19,20)14-11-16-17(12-14)10-8-15-4-2/h11-13,15H,3-10H2,1-2H3. The number of sulfonamides is 1. The van der Waals surface area contributed by atoms with E-state index in [-0.39, 0.29) is 6.04 Å². The van der Waals surface area contributed by atoms with E-state index in [0.717, 1.165) is 38.8 Å². The number of unbranched alkanes of at least 4 members (excludes halogenated alkanes) is 1. The van der Waals surface area contributed by atoms with E-state index < -0.39 is 10.0 Å². The zero-order chi connectivity index (χ0) is 15.3. The fourth-order valence-corrected chi connectivity index (χ4v) is 3.96. The molecule has 0 aromatic carbocycles. The number of aromatic nitrogens is 2. The molecule has 1 N–H and O–H groups in total. The van der Waals surface area contributed by atoms with Gasteiger partial charge in [0.2, 0.25) is 10.0 Å². The van der Waals surface area contributed by atoms with Crippen molar-refractivity contribution >= 4 is 10.0 Å². The molecule has 0 unspecified atom stereocenters. The van der Waals surface area contributed by atoms with Crippen LogP contribution >= 0.6 is 0 Å². The smallest absolute Gasteiger partial charge is 0.246 e. The number of rotatable bonds is 10. The molecule has 1 aromatic heterocycles. The minimum atomic E-state index is -3.39. The lowest BCUT2D eigenvalue weighted by Crippen LogP contribution is -2.33. The first kappa shape index (κ1) is 16.5. The fourth-order valence-electron chi connectivity index (χ4n) is 2.28. The van der Waals surface area contributed by atoms with Crippen molar-refractivity contribution in [3.8, 4) is 0 Å². The summed E-state index contributed by atoms with van der Waals surface area (Å²) >= 11 is 0. The summed E-state index contributed by atoms with van der Waals surface area (Å²) in [7, 11) is -3.39. The van der Waals surface area contributed by atoms with Crippen LogP contribution in [0.15, 0.2) is 17.3 Å². The second-order valence-electron chi connectivity index (χ2n) is 5.49. The predicted molar refractivity (Wildman–Crippen MR) is 82.6 cm³/mol. The zero-order valence-corrected chi connectivity index (χ0v) is 13.8. The average molecular weight is 314 g/mol. The molecule has 0 amide bonds. The minimum absolute atomic E-state index is 0.201. The number of hydrogen-bond acceptors (Lipinski definition) is 4. The van der Waals surface area contributed by atoms with Crippen molar-refractivity contribution in [2.75, 3.05) is 19.6 Å². The maximum Gasteiger partial charge on any atom is 0.246 e. The first-order valence-corrected chi connectivity index (χ1v) is 9.28. The molecule has 0 aliphatic heterocycles. The SMILES string of the molecule is CCCCN(C1CC1)S(=O)(=O)c1cnn(CCNCC)c1. The van der Waals surface area contributed by atoms with Gasteiger partial charge in [0.15, 0.2) is 0 Å². The van der Waals surface area contributed by atoms with E-state index >= 15 is 0 Å². The minimum Gasteiger partial charge on any atom is -0.315 e. The number of hydrogen-bond donors (Lipinski definition) is 1. The Labute approximate surface area is 127 Å². The van der Waals surface area contributed by atoms with E-state index in [9.17, 15) is 8.42 Å². The molecule has 1 aliphatic rings. The molecule has 0 radical (unpaired) electrons. The van der Waals surface area contributed by atoms with Gasteiger partial charge in [-0.05, 0) is 25.8 Å². The van der Waals surface area contributed by atoms with Gasteiger partial charge < -0.3 is 5.32 Å². The van der Waals surface area contributed by atoms with E-state index in [4.69, 9.17) is 0 Å². The number of nitrogens with zero attached hydrogens (tertiary/aromatic N) is 3. The van der Waals surface area contributed by atoms with E-state index in [1.54, 1.807) is 15.2 Å². The Bertz CT molecular complexity index is 537. The van der Waals surface area contributed by atoms with Crippen LogP contribution in [0.25, 0.3) is 0 Å². The van der Waals surface area contributed by atoms with Gasteiger partial charge in [-0.15, -0.1) is 0 Å². The largest absolute Gasteiger partial charge is 0.315 e. The summed E-state index contributed by atoms with van der Waals surface area (Å²) in [5.74, 6) is 0. The highest BCUT2D eigenvalue weighted by Crippen LogP contribution is 2.32. The van der Waals surface area contributed by atoms with Gasteiger partial charge in [-0.1, -0.05) is 20.3 Å². The Kier molecular flexibility index (Phi) is 5.78. The average Bonchev–Trinajstić information content (AvgIpc) is 3.16. The second kappa shape index (κ2) is 7.38. The first-order valence-electron chi connectivity index (χ1n) is 7.84. The van der Waals surface area contributed by atoms with Crippen molar-refractivity contribution < 1.29 is 8.42 Å². The third kappa shape index (κ3) is 4.28. The zero-order valence-electron chi connectivity index (χ0n) is 13.0. The van der Waals surface area contributed by atoms with Crippen molar-refractivity contribution in [2.45, 2.75) is 57.0 Å². The van der Waals surface area contributed by atoms with Crippen molar-refractivity contribution in [3.63, 3.8) is 0 Å². The van der Waals surface area contributed by atoms with Gasteiger partial charge in [-0.25, -0.2) is 8.42 Å². The van der Waals surface area contributed by atoms with Crippen LogP contribution in [-0.4, -0.2) is 48.2 Å². The van der Waals surface area contributed by atoms with Crippen molar-refractivity contribution in [3.05, 3.63) is 12.4 Å². The normalized spacial score (nSPS) is 15.8. The summed E-state index contributed by atoms with van der Waals surface area (Å²) in [6.45, 7) is 7.11. The molecular weight excluding hydrogens is 288 g/mol. The molecule has 1 aliphatic carbocycles. The Morgan fingerprint density at radius 2 is 2.19 bits per heavy atom. The molecule has 7 heteroatoms. The van der Waals surface area contributed by atoms with Crippen LogP contribution in [0.5, 0.6) is 0 Å². The lowest BCUT2D eigenvalue weighted by Gasteiger charge is -2.20. The van der Waals surface area contributed by atoms with Crippen LogP contribution in [0.1, 0.15) is 39.5 Å². The Morgan fingerprint density at radius 1 is 1.43 bits per heavy atom. The quantitative estimate of drug-likeness (QED) is 0.664. The molecular formula is C14H26N4O2S. The van der Waals surface area contributed by atoms with E-state index in [0.29, 0.717) is 18.0 Å². The number of likely N-dealkylation sites (N-methyl/N-ethyl adjacent to an activating group) is 1. The summed E-state index contributed by atoms with van der Waals surface area (Å²) < 4.78 is 28.8. The molecule has 1 heterocycles. The van der Waals surface area contributed by atoms with Crippen LogP contribution in [0, 0.1) is 0 Å². The van der Waals surface area contributed by atoms with Crippen LogP contribution in [-0.2, 0) is 16.6 Å². The molecule has 0 atom stereocenters. The molecule has 0 saturated heterocycles. The van der Waals surface area contributed by atoms with Gasteiger partial charge in [0, 0.05) is 25.3 Å². The maximum absolute atomic E-state index is 12.7. The maximum atomic E-state index is 12.7. The Morgan fingerprint density at radius 3 is 2.81 bits per heavy atom. The topological polar surface area (TPSA) is 67.2 Å². The van der Waals surface area contributed by atoms with Gasteiger partial charge in [0.05, 0.1) is 12.7 Å². The number of nitrogens with one attached hydrogen (secondary N) is 1. The monoisotopic (exact) mass is 314 g/mol. The Hall–Kier alpha value is -0.920. The second-order valence-corrected chi connectivity index (χ2v) is 7.38. The van der Waals surface area contributed by atoms with E-state index in [1.807, 2.05) is 6.92 Å². The molecule has 1 aromatic rings. The molecule has 1 saturated carbocycles. The highest BCUT2D eigenvalue weighted by molar-refractivity contribution is 7.89. The summed E-state index contributed by atoms with van der Waals surface area (Å²) in [5.41, 5.74) is 0. The predicted octanol–water partition coefficient (Wildman–Crippen LogP) is 1.45. The van der Waals surface area contributed by atoms with Crippen molar-refractivity contribution in [2.24, 2.45) is 0 Å². The van der Waals surface area contributed by atoms with Crippen LogP contribution in [0.2, 0.25) is 0 Å². The molecule has 6 nitrogen and oxygen atoms in total. The summed E-state index contributed by atoms with van der Waals surface area (Å²) in [5, 5.41) is 7.37. The highest BCUT2D eigenvalue weighted by atomic mass is 32.2. The molecule has 0 spiro atoms. The van der Waals surface area contributed by atoms with Gasteiger partial charge in [0.1, 0.15) is 4.90 Å². The third-order valence-corrected chi connectivity index (χ3v) is 5.57. The van der Waals surface area contributed by atoms with Crippen LogP contribution < -0.4 is 5.32 Å². The van der Waals surface area contributed by atoms with Crippen molar-refractivity contribution in [1.82, 2.24) is 19.4 Å². The van der Waals surface area contributed by atoms with Gasteiger partial charge in [-0.2, -0.15) is 9.40 Å². The highest BCUT2D eigenvalue weighted by Gasteiger charge is 2.38. The molecule has 0 bridgehead atoms. The lowest BCUT2D eigenvalue weighted by molar-refractivity contribution is 0.395. The van der Waals surface area contributed by atoms with Crippen molar-refractivity contribution in [1.29, 1.82) is 0 Å². The molecule has 21 heavy (non-hydrogen) atoms. The first-order chi connectivity index (χ1) is 10.1. The van der Waals surface area contributed by atoms with E-state index in [1.165, 1.54) is 6.20 Å². The Balaban J connectivity index is 2.06. The molecule has 120 valence electrons. The van der Waals surface area contributed by atoms with Gasteiger partial charge in [0.25, 0.3) is 0 Å². The summed E-state index contributed by atoms with van der Waals surface area (Å²) in [4.78, 5) is 0.321. The fraction of sp³-hybridized carbons (Fsp3) is 0.786. The van der Waals surface area contributed by atoms with E-state index in [2.05, 4.69) is 17.3 Å². The van der Waals surface area contributed by atoms with Crippen LogP contribution in [0.3, 0.4) is 0 Å². The third-order valence-electron chi connectivity index (χ3n) is 3.67. The molecule has 2 rings (SSSR count). The molecule has 1 fully saturated rings. The lowest BCUT2D eigenvalue weighted by atomic mass is 10.3. The van der Waals surface area contributed by atoms with Crippen LogP contribution in [0.4, 0.5) is 0 Å². The van der Waals surface area contributed by atoms with Gasteiger partial charge in [-0.3, -0.25) is 4.68 Å². The summed E-state index contributed by atoms with van der Waals surface area (Å²) in [6, 6.07) is 0.201. The summed E-state index contributed by atoms with van der Waals surface area (Å²) in [6.07, 6.45) is 7.00.